The third kappa shape index (κ3) is 5.18. The van der Waals surface area contributed by atoms with Crippen LogP contribution in [0.1, 0.15) is 15.9 Å². The predicted octanol–water partition coefficient (Wildman–Crippen LogP) is 3.87. The second kappa shape index (κ2) is 8.69. The molecule has 0 aromatic heterocycles. The molecule has 0 amide bonds. The zero-order valence-electron chi connectivity index (χ0n) is 14.4. The van der Waals surface area contributed by atoms with Gasteiger partial charge in [-0.25, -0.2) is 9.63 Å². The molecule has 0 aliphatic carbocycles. The molecule has 0 bridgehead atoms. The lowest BCUT2D eigenvalue weighted by atomic mass is 10.2. The number of hydrazone groups is 1. The molecular weight excluding hydrogens is 400 g/mol. The van der Waals surface area contributed by atoms with Crippen LogP contribution < -0.4 is 9.57 Å². The molecule has 0 atom stereocenters. The van der Waals surface area contributed by atoms with E-state index in [2.05, 4.69) is 9.93 Å². The molecule has 0 heterocycles. The first-order valence-corrected chi connectivity index (χ1v) is 9.98. The molecule has 0 aliphatic heterocycles. The lowest BCUT2D eigenvalue weighted by molar-refractivity contribution is 0.0734. The van der Waals surface area contributed by atoms with Gasteiger partial charge >= 0.3 is 5.97 Å². The maximum atomic E-state index is 12.1. The third-order valence-electron chi connectivity index (χ3n) is 3.61. The summed E-state index contributed by atoms with van der Waals surface area (Å²) >= 11 is 5.75. The van der Waals surface area contributed by atoms with Crippen molar-refractivity contribution in [1.29, 1.82) is 0 Å². The van der Waals surface area contributed by atoms with Crippen LogP contribution in [0.15, 0.2) is 88.9 Å². The number of benzene rings is 3. The first kappa shape index (κ1) is 19.6. The van der Waals surface area contributed by atoms with E-state index in [1.54, 1.807) is 48.5 Å². The Morgan fingerprint density at radius 2 is 1.57 bits per heavy atom. The topological polar surface area (TPSA) is 84.8 Å². The molecule has 0 fully saturated rings. The Hall–Kier alpha value is -3.16. The maximum Gasteiger partial charge on any atom is 0.343 e. The number of rotatable bonds is 6. The van der Waals surface area contributed by atoms with Crippen LogP contribution in [0.25, 0.3) is 0 Å². The van der Waals surface area contributed by atoms with Crippen LogP contribution in [-0.2, 0) is 10.0 Å². The minimum absolute atomic E-state index is 0.0530. The smallest absolute Gasteiger partial charge is 0.343 e. The minimum atomic E-state index is -3.78. The normalized spacial score (nSPS) is 11.3. The van der Waals surface area contributed by atoms with Crippen LogP contribution in [0.5, 0.6) is 5.75 Å². The Morgan fingerprint density at radius 1 is 0.929 bits per heavy atom. The molecule has 142 valence electrons. The van der Waals surface area contributed by atoms with E-state index < -0.39 is 16.0 Å². The van der Waals surface area contributed by atoms with E-state index in [1.807, 2.05) is 6.07 Å². The summed E-state index contributed by atoms with van der Waals surface area (Å²) < 4.78 is 29.5. The van der Waals surface area contributed by atoms with Gasteiger partial charge < -0.3 is 4.74 Å². The summed E-state index contributed by atoms with van der Waals surface area (Å²) in [7, 11) is -3.78. The summed E-state index contributed by atoms with van der Waals surface area (Å²) in [5.74, 6) is -0.0921. The Kier molecular flexibility index (Phi) is 6.08. The van der Waals surface area contributed by atoms with E-state index in [0.29, 0.717) is 21.9 Å². The van der Waals surface area contributed by atoms with Crippen LogP contribution in [0.2, 0.25) is 5.02 Å². The summed E-state index contributed by atoms with van der Waals surface area (Å²) in [5.41, 5.74) is 1.07. The molecular formula is C20H15ClN2O4S. The number of hydrogen-bond donors (Lipinski definition) is 1. The Balaban J connectivity index is 1.61. The number of nitrogens with one attached hydrogen (secondary N) is 1. The van der Waals surface area contributed by atoms with Gasteiger partial charge in [-0.1, -0.05) is 29.8 Å². The van der Waals surface area contributed by atoms with E-state index in [4.69, 9.17) is 16.3 Å². The predicted molar refractivity (Wildman–Crippen MR) is 107 cm³/mol. The maximum absolute atomic E-state index is 12.1. The van der Waals surface area contributed by atoms with Gasteiger partial charge in [0, 0.05) is 5.02 Å². The summed E-state index contributed by atoms with van der Waals surface area (Å²) in [6.07, 6.45) is 1.34. The van der Waals surface area contributed by atoms with Gasteiger partial charge in [0.1, 0.15) is 5.75 Å². The van der Waals surface area contributed by atoms with Crippen LogP contribution in [-0.4, -0.2) is 20.6 Å². The van der Waals surface area contributed by atoms with Crippen molar-refractivity contribution in [3.63, 3.8) is 0 Å². The average Bonchev–Trinajstić information content (AvgIpc) is 2.70. The largest absolute Gasteiger partial charge is 0.423 e. The van der Waals surface area contributed by atoms with Crippen LogP contribution >= 0.6 is 11.6 Å². The molecule has 3 rings (SSSR count). The van der Waals surface area contributed by atoms with Crippen molar-refractivity contribution in [2.75, 3.05) is 0 Å². The molecule has 6 nitrogen and oxygen atoms in total. The molecule has 8 heteroatoms. The highest BCUT2D eigenvalue weighted by atomic mass is 35.5. The van der Waals surface area contributed by atoms with Crippen molar-refractivity contribution < 1.29 is 17.9 Å². The minimum Gasteiger partial charge on any atom is -0.423 e. The van der Waals surface area contributed by atoms with Crippen LogP contribution in [0, 0.1) is 0 Å². The second-order valence-corrected chi connectivity index (χ2v) is 7.73. The zero-order chi connectivity index (χ0) is 20.0. The van der Waals surface area contributed by atoms with Crippen molar-refractivity contribution in [2.24, 2.45) is 5.10 Å². The molecule has 0 aliphatic rings. The van der Waals surface area contributed by atoms with Gasteiger partial charge in [0.2, 0.25) is 0 Å². The van der Waals surface area contributed by atoms with Gasteiger partial charge in [0.05, 0.1) is 16.7 Å². The second-order valence-electron chi connectivity index (χ2n) is 5.63. The lowest BCUT2D eigenvalue weighted by Gasteiger charge is -2.05. The molecule has 28 heavy (non-hydrogen) atoms. The molecule has 0 spiro atoms. The number of sulfonamides is 1. The number of carbonyl (C=O) groups is 1. The molecule has 3 aromatic carbocycles. The highest BCUT2D eigenvalue weighted by Crippen LogP contribution is 2.15. The van der Waals surface area contributed by atoms with E-state index in [0.717, 1.165) is 0 Å². The summed E-state index contributed by atoms with van der Waals surface area (Å²) in [6.45, 7) is 0. The molecule has 0 unspecified atom stereocenters. The Morgan fingerprint density at radius 3 is 2.21 bits per heavy atom. The van der Waals surface area contributed by atoms with E-state index >= 15 is 0 Å². The molecule has 0 saturated heterocycles. The van der Waals surface area contributed by atoms with Crippen molar-refractivity contribution in [1.82, 2.24) is 4.83 Å². The number of ether oxygens (including phenoxy) is 1. The fourth-order valence-electron chi connectivity index (χ4n) is 2.20. The SMILES string of the molecule is O=C(Oc1ccc(C=NNS(=O)(=O)c2ccc(Cl)cc2)cc1)c1ccccc1. The Bertz CT molecular complexity index is 1080. The number of carbonyl (C=O) groups excluding carboxylic acids is 1. The lowest BCUT2D eigenvalue weighted by Crippen LogP contribution is -2.18. The van der Waals surface area contributed by atoms with Gasteiger partial charge in [-0.05, 0) is 66.2 Å². The quantitative estimate of drug-likeness (QED) is 0.287. The fourth-order valence-corrected chi connectivity index (χ4v) is 3.12. The molecule has 1 N–H and O–H groups in total. The zero-order valence-corrected chi connectivity index (χ0v) is 16.0. The Labute approximate surface area is 167 Å². The van der Waals surface area contributed by atoms with Gasteiger partial charge in [0.15, 0.2) is 0 Å². The highest BCUT2D eigenvalue weighted by molar-refractivity contribution is 7.89. The van der Waals surface area contributed by atoms with E-state index in [1.165, 1.54) is 30.5 Å². The highest BCUT2D eigenvalue weighted by Gasteiger charge is 2.12. The number of halogens is 1. The van der Waals surface area contributed by atoms with Crippen molar-refractivity contribution in [3.8, 4) is 5.75 Å². The molecule has 0 radical (unpaired) electrons. The van der Waals surface area contributed by atoms with Gasteiger partial charge in [-0.3, -0.25) is 0 Å². The number of hydrogen-bond acceptors (Lipinski definition) is 5. The standard InChI is InChI=1S/C20H15ClN2O4S/c21-17-8-12-19(13-9-17)28(25,26)23-22-14-15-6-10-18(11-7-15)27-20(24)16-4-2-1-3-5-16/h1-14,23H. The molecule has 3 aromatic rings. The first-order chi connectivity index (χ1) is 13.4. The number of nitrogens with zero attached hydrogens (tertiary/aromatic N) is 1. The van der Waals surface area contributed by atoms with Crippen molar-refractivity contribution >= 4 is 33.8 Å². The van der Waals surface area contributed by atoms with Crippen LogP contribution in [0.3, 0.4) is 0 Å². The number of esters is 1. The summed E-state index contributed by atoms with van der Waals surface area (Å²) in [5, 5.41) is 4.19. The van der Waals surface area contributed by atoms with Crippen molar-refractivity contribution in [2.45, 2.75) is 4.90 Å². The molecule has 0 saturated carbocycles. The van der Waals surface area contributed by atoms with Crippen molar-refractivity contribution in [3.05, 3.63) is 95.0 Å². The van der Waals surface area contributed by atoms with E-state index in [-0.39, 0.29) is 4.90 Å². The average molecular weight is 415 g/mol. The summed E-state index contributed by atoms with van der Waals surface area (Å²) in [4.78, 5) is 14.2. The summed E-state index contributed by atoms with van der Waals surface area (Å²) in [6, 6.07) is 20.9. The fraction of sp³-hybridized carbons (Fsp3) is 0. The van der Waals surface area contributed by atoms with Gasteiger partial charge in [0.25, 0.3) is 10.0 Å². The van der Waals surface area contributed by atoms with E-state index in [9.17, 15) is 13.2 Å². The monoisotopic (exact) mass is 414 g/mol. The van der Waals surface area contributed by atoms with Crippen LogP contribution in [0.4, 0.5) is 0 Å². The third-order valence-corrected chi connectivity index (χ3v) is 5.10. The van der Waals surface area contributed by atoms with Gasteiger partial charge in [-0.2, -0.15) is 13.5 Å². The first-order valence-electron chi connectivity index (χ1n) is 8.12. The van der Waals surface area contributed by atoms with Gasteiger partial charge in [-0.15, -0.1) is 0 Å².